The highest BCUT2D eigenvalue weighted by Gasteiger charge is 2.25. The van der Waals surface area contributed by atoms with Crippen LogP contribution < -0.4 is 5.32 Å². The van der Waals surface area contributed by atoms with E-state index in [1.165, 1.54) is 16.1 Å². The molecule has 0 aliphatic carbocycles. The Balaban J connectivity index is 1.97. The number of hydrogen-bond donors (Lipinski definition) is 2. The summed E-state index contributed by atoms with van der Waals surface area (Å²) in [4.78, 5) is 25.2. The Kier molecular flexibility index (Phi) is 13.1. The van der Waals surface area contributed by atoms with Crippen LogP contribution in [-0.2, 0) is 32.5 Å². The first-order chi connectivity index (χ1) is 20.2. The van der Waals surface area contributed by atoms with E-state index in [4.69, 9.17) is 4.74 Å². The second-order valence-electron chi connectivity index (χ2n) is 10.1. The number of nitrogens with one attached hydrogen (secondary N) is 1. The molecule has 10 heteroatoms. The maximum atomic E-state index is 13.4. The SMILES string of the molecule is COCCCS(=O)(=O)N(CCc1ccccc1)Cc1ccc(C(=O)NC(CCSC)C(=O)O)c(-c2ccccc2C)c1. The summed E-state index contributed by atoms with van der Waals surface area (Å²) < 4.78 is 33.4. The van der Waals surface area contributed by atoms with Gasteiger partial charge in [0, 0.05) is 32.4 Å². The minimum absolute atomic E-state index is 0.0343. The number of aryl methyl sites for hydroxylation is 1. The lowest BCUT2D eigenvalue weighted by atomic mass is 9.93. The highest BCUT2D eigenvalue weighted by molar-refractivity contribution is 7.98. The molecular weight excluding hydrogens is 572 g/mol. The van der Waals surface area contributed by atoms with Crippen LogP contribution in [0.2, 0.25) is 0 Å². The van der Waals surface area contributed by atoms with Gasteiger partial charge in [-0.15, -0.1) is 0 Å². The summed E-state index contributed by atoms with van der Waals surface area (Å²) in [6.07, 6.45) is 3.13. The predicted octanol–water partition coefficient (Wildman–Crippen LogP) is 5.01. The van der Waals surface area contributed by atoms with Gasteiger partial charge in [-0.1, -0.05) is 60.7 Å². The topological polar surface area (TPSA) is 113 Å². The molecule has 2 N–H and O–H groups in total. The van der Waals surface area contributed by atoms with Gasteiger partial charge in [0.25, 0.3) is 5.91 Å². The third-order valence-electron chi connectivity index (χ3n) is 6.97. The summed E-state index contributed by atoms with van der Waals surface area (Å²) in [5, 5.41) is 12.3. The van der Waals surface area contributed by atoms with Crippen LogP contribution in [0.25, 0.3) is 11.1 Å². The molecule has 0 aliphatic rings. The second kappa shape index (κ2) is 16.5. The fourth-order valence-electron chi connectivity index (χ4n) is 4.65. The molecule has 0 heterocycles. The number of ether oxygens (including phenoxy) is 1. The van der Waals surface area contributed by atoms with Gasteiger partial charge < -0.3 is 15.2 Å². The van der Waals surface area contributed by atoms with E-state index < -0.39 is 27.9 Å². The zero-order valence-corrected chi connectivity index (χ0v) is 26.0. The lowest BCUT2D eigenvalue weighted by Gasteiger charge is -2.23. The quantitative estimate of drug-likeness (QED) is 0.206. The molecule has 3 aromatic carbocycles. The van der Waals surface area contributed by atoms with Crippen molar-refractivity contribution in [2.75, 3.05) is 38.0 Å². The van der Waals surface area contributed by atoms with Crippen LogP contribution in [0.4, 0.5) is 0 Å². The molecule has 1 amide bonds. The average Bonchev–Trinajstić information content (AvgIpc) is 2.97. The number of aliphatic carboxylic acids is 1. The number of nitrogens with zero attached hydrogens (tertiary/aromatic N) is 1. The van der Waals surface area contributed by atoms with E-state index in [-0.39, 0.29) is 12.3 Å². The molecule has 42 heavy (non-hydrogen) atoms. The first kappa shape index (κ1) is 33.3. The molecule has 0 saturated heterocycles. The monoisotopic (exact) mass is 612 g/mol. The van der Waals surface area contributed by atoms with Crippen LogP contribution in [0.5, 0.6) is 0 Å². The van der Waals surface area contributed by atoms with Crippen LogP contribution in [0.15, 0.2) is 72.8 Å². The molecular formula is C32H40N2O6S2. The zero-order chi connectivity index (χ0) is 30.5. The van der Waals surface area contributed by atoms with Crippen molar-refractivity contribution >= 4 is 33.7 Å². The number of rotatable bonds is 17. The van der Waals surface area contributed by atoms with Crippen LogP contribution in [0.1, 0.15) is 39.9 Å². The van der Waals surface area contributed by atoms with Crippen molar-refractivity contribution in [3.63, 3.8) is 0 Å². The first-order valence-electron chi connectivity index (χ1n) is 13.9. The lowest BCUT2D eigenvalue weighted by Crippen LogP contribution is -2.41. The van der Waals surface area contributed by atoms with Crippen LogP contribution in [0.3, 0.4) is 0 Å². The Morgan fingerprint density at radius 3 is 2.38 bits per heavy atom. The summed E-state index contributed by atoms with van der Waals surface area (Å²) in [7, 11) is -2.05. The molecule has 0 aromatic heterocycles. The van der Waals surface area contributed by atoms with Crippen LogP contribution in [0, 0.1) is 6.92 Å². The van der Waals surface area contributed by atoms with E-state index in [0.29, 0.717) is 49.3 Å². The molecule has 0 fully saturated rings. The van der Waals surface area contributed by atoms with Gasteiger partial charge in [-0.2, -0.15) is 16.1 Å². The average molecular weight is 613 g/mol. The molecule has 0 spiro atoms. The van der Waals surface area contributed by atoms with Gasteiger partial charge in [0.05, 0.1) is 5.75 Å². The third kappa shape index (κ3) is 9.69. The Labute approximate surface area is 253 Å². The van der Waals surface area contributed by atoms with Crippen LogP contribution in [-0.4, -0.2) is 73.8 Å². The number of benzene rings is 3. The van der Waals surface area contributed by atoms with E-state index in [0.717, 1.165) is 22.3 Å². The zero-order valence-electron chi connectivity index (χ0n) is 24.4. The molecule has 0 bridgehead atoms. The number of carbonyl (C=O) groups excluding carboxylic acids is 1. The smallest absolute Gasteiger partial charge is 0.326 e. The molecule has 3 rings (SSSR count). The molecule has 8 nitrogen and oxygen atoms in total. The Bertz CT molecular complexity index is 1430. The summed E-state index contributed by atoms with van der Waals surface area (Å²) in [6.45, 7) is 2.72. The number of thioether (sulfide) groups is 1. The van der Waals surface area contributed by atoms with Gasteiger partial charge in [-0.25, -0.2) is 13.2 Å². The van der Waals surface area contributed by atoms with Gasteiger partial charge in [0.2, 0.25) is 10.0 Å². The van der Waals surface area contributed by atoms with Gasteiger partial charge in [-0.05, 0) is 78.1 Å². The van der Waals surface area contributed by atoms with E-state index >= 15 is 0 Å². The van der Waals surface area contributed by atoms with Crippen molar-refractivity contribution in [1.29, 1.82) is 0 Å². The number of carboxylic acid groups (broad SMARTS) is 1. The van der Waals surface area contributed by atoms with Crippen molar-refractivity contribution in [3.8, 4) is 11.1 Å². The molecule has 0 aliphatic heterocycles. The number of sulfonamides is 1. The molecule has 0 saturated carbocycles. The summed E-state index contributed by atoms with van der Waals surface area (Å²) in [5.41, 5.74) is 4.48. The normalized spacial score (nSPS) is 12.3. The predicted molar refractivity (Wildman–Crippen MR) is 169 cm³/mol. The second-order valence-corrected chi connectivity index (χ2v) is 13.1. The Hall–Kier alpha value is -3.18. The fourth-order valence-corrected chi connectivity index (χ4v) is 6.58. The number of amides is 1. The number of carbonyl (C=O) groups is 2. The lowest BCUT2D eigenvalue weighted by molar-refractivity contribution is -0.139. The highest BCUT2D eigenvalue weighted by Crippen LogP contribution is 2.29. The van der Waals surface area contributed by atoms with E-state index in [1.807, 2.05) is 73.8 Å². The molecule has 1 atom stereocenters. The maximum Gasteiger partial charge on any atom is 0.326 e. The highest BCUT2D eigenvalue weighted by atomic mass is 32.2. The number of methoxy groups -OCH3 is 1. The maximum absolute atomic E-state index is 13.4. The van der Waals surface area contributed by atoms with Crippen molar-refractivity contribution in [2.24, 2.45) is 0 Å². The fraction of sp³-hybridized carbons (Fsp3) is 0.375. The van der Waals surface area contributed by atoms with Crippen molar-refractivity contribution in [3.05, 3.63) is 95.1 Å². The standard InChI is InChI=1S/C32H40N2O6S2/c1-24-10-7-8-13-27(24)29-22-26(14-15-28(29)31(35)33-30(32(36)37)17-20-41-3)23-34(42(38,39)21-9-19-40-2)18-16-25-11-5-4-6-12-25/h4-8,10-15,22,30H,9,16-21,23H2,1-3H3,(H,33,35)(H,36,37). The number of carboxylic acids is 1. The van der Waals surface area contributed by atoms with E-state index in [9.17, 15) is 23.1 Å². The molecule has 0 radical (unpaired) electrons. The molecule has 1 unspecified atom stereocenters. The minimum atomic E-state index is -3.60. The van der Waals surface area contributed by atoms with E-state index in [1.54, 1.807) is 19.2 Å². The third-order valence-corrected chi connectivity index (χ3v) is 9.52. The van der Waals surface area contributed by atoms with Gasteiger partial charge in [0.1, 0.15) is 6.04 Å². The van der Waals surface area contributed by atoms with Crippen molar-refractivity contribution < 1.29 is 27.9 Å². The Morgan fingerprint density at radius 2 is 1.71 bits per heavy atom. The van der Waals surface area contributed by atoms with Crippen molar-refractivity contribution in [1.82, 2.24) is 9.62 Å². The summed E-state index contributed by atoms with van der Waals surface area (Å²) >= 11 is 1.51. The summed E-state index contributed by atoms with van der Waals surface area (Å²) in [5.74, 6) is -1.01. The van der Waals surface area contributed by atoms with Gasteiger partial charge in [-0.3, -0.25) is 4.79 Å². The van der Waals surface area contributed by atoms with Crippen molar-refractivity contribution in [2.45, 2.75) is 38.8 Å². The van der Waals surface area contributed by atoms with Gasteiger partial charge in [0.15, 0.2) is 0 Å². The molecule has 3 aromatic rings. The largest absolute Gasteiger partial charge is 0.480 e. The minimum Gasteiger partial charge on any atom is -0.480 e. The molecule has 226 valence electrons. The summed E-state index contributed by atoms with van der Waals surface area (Å²) in [6, 6.07) is 21.6. The van der Waals surface area contributed by atoms with Gasteiger partial charge >= 0.3 is 5.97 Å². The van der Waals surface area contributed by atoms with E-state index in [2.05, 4.69) is 5.32 Å². The first-order valence-corrected chi connectivity index (χ1v) is 16.9. The number of hydrogen-bond acceptors (Lipinski definition) is 6. The Morgan fingerprint density at radius 1 is 1.00 bits per heavy atom. The van der Waals surface area contributed by atoms with Crippen LogP contribution >= 0.6 is 11.8 Å².